The van der Waals surface area contributed by atoms with Crippen LogP contribution in [-0.4, -0.2) is 24.1 Å². The Kier molecular flexibility index (Phi) is 2.59. The highest BCUT2D eigenvalue weighted by molar-refractivity contribution is 6.02. The first kappa shape index (κ1) is 11.3. The Morgan fingerprint density at radius 2 is 2.28 bits per heavy atom. The van der Waals surface area contributed by atoms with Crippen LogP contribution in [0.25, 0.3) is 0 Å². The summed E-state index contributed by atoms with van der Waals surface area (Å²) in [5.41, 5.74) is 3.87. The fourth-order valence-corrected chi connectivity index (χ4v) is 2.56. The number of benzene rings is 1. The molecule has 1 aromatic rings. The smallest absolute Gasteiger partial charge is 0.257 e. The number of carbonyl (C=O) groups excluding carboxylic acids is 1. The molecule has 0 aromatic heterocycles. The van der Waals surface area contributed by atoms with Crippen molar-refractivity contribution >= 4 is 17.3 Å². The van der Waals surface area contributed by atoms with Crippen molar-refractivity contribution in [1.29, 1.82) is 0 Å². The van der Waals surface area contributed by atoms with E-state index in [1.807, 2.05) is 18.2 Å². The molecule has 2 N–H and O–H groups in total. The van der Waals surface area contributed by atoms with Crippen molar-refractivity contribution in [2.24, 2.45) is 0 Å². The average molecular weight is 244 g/mol. The molecule has 94 valence electrons. The molecule has 0 aliphatic carbocycles. The number of anilines is 2. The predicted molar refractivity (Wildman–Crippen MR) is 70.6 cm³/mol. The van der Waals surface area contributed by atoms with Gasteiger partial charge in [0, 0.05) is 30.0 Å². The van der Waals surface area contributed by atoms with Crippen LogP contribution in [0.3, 0.4) is 0 Å². The number of hydrogen-bond acceptors (Lipinski definition) is 3. The van der Waals surface area contributed by atoms with Crippen molar-refractivity contribution < 1.29 is 9.90 Å². The summed E-state index contributed by atoms with van der Waals surface area (Å²) in [6, 6.07) is 5.75. The summed E-state index contributed by atoms with van der Waals surface area (Å²) in [5, 5.41) is 12.4. The molecule has 2 aliphatic rings. The molecule has 0 saturated carbocycles. The zero-order valence-corrected chi connectivity index (χ0v) is 10.3. The number of carbonyl (C=O) groups is 1. The molecule has 18 heavy (non-hydrogen) atoms. The van der Waals surface area contributed by atoms with E-state index in [9.17, 15) is 9.90 Å². The minimum absolute atomic E-state index is 0.336. The summed E-state index contributed by atoms with van der Waals surface area (Å²) in [4.78, 5) is 13.7. The van der Waals surface area contributed by atoms with Gasteiger partial charge in [0.2, 0.25) is 0 Å². The Morgan fingerprint density at radius 1 is 1.44 bits per heavy atom. The average Bonchev–Trinajstić information content (AvgIpc) is 2.65. The van der Waals surface area contributed by atoms with Crippen LogP contribution in [0.4, 0.5) is 11.4 Å². The van der Waals surface area contributed by atoms with Crippen LogP contribution in [0.5, 0.6) is 0 Å². The number of aliphatic hydroxyl groups is 1. The fourth-order valence-electron chi connectivity index (χ4n) is 2.56. The van der Waals surface area contributed by atoms with Gasteiger partial charge < -0.3 is 15.3 Å². The van der Waals surface area contributed by atoms with Gasteiger partial charge in [-0.05, 0) is 25.5 Å². The minimum Gasteiger partial charge on any atom is -0.378 e. The van der Waals surface area contributed by atoms with E-state index in [4.69, 9.17) is 0 Å². The molecule has 0 radical (unpaired) electrons. The van der Waals surface area contributed by atoms with Crippen molar-refractivity contribution in [2.45, 2.75) is 19.4 Å². The van der Waals surface area contributed by atoms with E-state index in [1.54, 1.807) is 0 Å². The molecule has 0 saturated heterocycles. The number of hydrogen-bond donors (Lipinski definition) is 2. The first-order valence-electron chi connectivity index (χ1n) is 6.18. The summed E-state index contributed by atoms with van der Waals surface area (Å²) in [5.74, 6) is -0.336. The zero-order valence-electron chi connectivity index (χ0n) is 10.3. The molecule has 4 nitrogen and oxygen atoms in total. The maximum absolute atomic E-state index is 11.4. The van der Waals surface area contributed by atoms with E-state index in [-0.39, 0.29) is 5.91 Å². The second kappa shape index (κ2) is 4.14. The third-order valence-electron chi connectivity index (χ3n) is 3.53. The molecular formula is C14H16N2O2. The van der Waals surface area contributed by atoms with Crippen LogP contribution >= 0.6 is 0 Å². The lowest BCUT2D eigenvalue weighted by molar-refractivity contribution is -0.123. The lowest BCUT2D eigenvalue weighted by Crippen LogP contribution is -2.29. The molecule has 1 atom stereocenters. The van der Waals surface area contributed by atoms with E-state index in [1.165, 1.54) is 5.57 Å². The van der Waals surface area contributed by atoms with Crippen molar-refractivity contribution in [1.82, 2.24) is 0 Å². The minimum atomic E-state index is -1.02. The highest BCUT2D eigenvalue weighted by Crippen LogP contribution is 2.34. The second-order valence-corrected chi connectivity index (χ2v) is 4.92. The SMILES string of the molecule is CC1=CCCN(c2ccc3c(c2)NC(=O)C3O)C1. The van der Waals surface area contributed by atoms with Crippen LogP contribution in [0.15, 0.2) is 29.8 Å². The van der Waals surface area contributed by atoms with E-state index >= 15 is 0 Å². The standard InChI is InChI=1S/C14H16N2O2/c1-9-3-2-6-16(8-9)10-4-5-11-12(7-10)15-14(18)13(11)17/h3-5,7,13,17H,2,6,8H2,1H3,(H,15,18). The first-order valence-corrected chi connectivity index (χ1v) is 6.18. The predicted octanol–water partition coefficient (Wildman–Crippen LogP) is 1.83. The lowest BCUT2D eigenvalue weighted by atomic mass is 10.1. The summed E-state index contributed by atoms with van der Waals surface area (Å²) >= 11 is 0. The summed E-state index contributed by atoms with van der Waals surface area (Å²) in [7, 11) is 0. The Bertz CT molecular complexity index is 537. The largest absolute Gasteiger partial charge is 0.378 e. The summed E-state index contributed by atoms with van der Waals surface area (Å²) in [6.07, 6.45) is 2.30. The van der Waals surface area contributed by atoms with Gasteiger partial charge in [-0.2, -0.15) is 0 Å². The highest BCUT2D eigenvalue weighted by atomic mass is 16.3. The Hall–Kier alpha value is -1.81. The third-order valence-corrected chi connectivity index (χ3v) is 3.53. The normalized spacial score (nSPS) is 22.6. The Labute approximate surface area is 106 Å². The molecule has 1 amide bonds. The van der Waals surface area contributed by atoms with Crippen LogP contribution in [-0.2, 0) is 4.79 Å². The number of fused-ring (bicyclic) bond motifs is 1. The summed E-state index contributed by atoms with van der Waals surface area (Å²) < 4.78 is 0. The quantitative estimate of drug-likeness (QED) is 0.741. The zero-order chi connectivity index (χ0) is 12.7. The molecule has 4 heteroatoms. The van der Waals surface area contributed by atoms with Crippen LogP contribution in [0.2, 0.25) is 0 Å². The number of aliphatic hydroxyl groups excluding tert-OH is 1. The maximum atomic E-state index is 11.4. The van der Waals surface area contributed by atoms with Crippen LogP contribution < -0.4 is 10.2 Å². The molecule has 0 fully saturated rings. The molecule has 0 spiro atoms. The van der Waals surface area contributed by atoms with Gasteiger partial charge in [-0.25, -0.2) is 0 Å². The van der Waals surface area contributed by atoms with Gasteiger partial charge in [-0.3, -0.25) is 4.79 Å². The third kappa shape index (κ3) is 1.78. The first-order chi connectivity index (χ1) is 8.65. The molecule has 1 unspecified atom stereocenters. The number of rotatable bonds is 1. The second-order valence-electron chi connectivity index (χ2n) is 4.92. The number of amides is 1. The van der Waals surface area contributed by atoms with Gasteiger partial charge in [0.25, 0.3) is 5.91 Å². The number of nitrogens with one attached hydrogen (secondary N) is 1. The molecule has 0 bridgehead atoms. The Balaban J connectivity index is 1.90. The van der Waals surface area contributed by atoms with E-state index < -0.39 is 6.10 Å². The summed E-state index contributed by atoms with van der Waals surface area (Å²) in [6.45, 7) is 4.05. The molecule has 2 heterocycles. The molecular weight excluding hydrogens is 228 g/mol. The van der Waals surface area contributed by atoms with E-state index in [2.05, 4.69) is 23.2 Å². The van der Waals surface area contributed by atoms with Crippen LogP contribution in [0.1, 0.15) is 25.0 Å². The van der Waals surface area contributed by atoms with Gasteiger partial charge in [0.1, 0.15) is 0 Å². The monoisotopic (exact) mass is 244 g/mol. The van der Waals surface area contributed by atoms with E-state index in [0.717, 1.165) is 30.9 Å². The van der Waals surface area contributed by atoms with Gasteiger partial charge in [0.05, 0.1) is 0 Å². The fraction of sp³-hybridized carbons (Fsp3) is 0.357. The lowest BCUT2D eigenvalue weighted by Gasteiger charge is -2.28. The van der Waals surface area contributed by atoms with Gasteiger partial charge in [-0.1, -0.05) is 17.7 Å². The topological polar surface area (TPSA) is 52.6 Å². The van der Waals surface area contributed by atoms with E-state index in [0.29, 0.717) is 5.56 Å². The molecule has 2 aliphatic heterocycles. The maximum Gasteiger partial charge on any atom is 0.257 e. The van der Waals surface area contributed by atoms with Crippen molar-refractivity contribution in [3.8, 4) is 0 Å². The van der Waals surface area contributed by atoms with Gasteiger partial charge in [-0.15, -0.1) is 0 Å². The molecule has 1 aromatic carbocycles. The van der Waals surface area contributed by atoms with Crippen LogP contribution in [0, 0.1) is 0 Å². The van der Waals surface area contributed by atoms with Gasteiger partial charge in [0.15, 0.2) is 6.10 Å². The molecule has 3 rings (SSSR count). The highest BCUT2D eigenvalue weighted by Gasteiger charge is 2.28. The number of nitrogens with zero attached hydrogens (tertiary/aromatic N) is 1. The van der Waals surface area contributed by atoms with Crippen molar-refractivity contribution in [3.05, 3.63) is 35.4 Å². The van der Waals surface area contributed by atoms with Crippen molar-refractivity contribution in [3.63, 3.8) is 0 Å². The van der Waals surface area contributed by atoms with Crippen molar-refractivity contribution in [2.75, 3.05) is 23.3 Å². The van der Waals surface area contributed by atoms with Gasteiger partial charge >= 0.3 is 0 Å². The Morgan fingerprint density at radius 3 is 3.06 bits per heavy atom.